The van der Waals surface area contributed by atoms with Crippen molar-refractivity contribution in [1.29, 1.82) is 0 Å². The molecule has 1 unspecified atom stereocenters. The molecule has 6 nitrogen and oxygen atoms in total. The van der Waals surface area contributed by atoms with Crippen molar-refractivity contribution < 1.29 is 14.3 Å². The molecule has 0 saturated carbocycles. The van der Waals surface area contributed by atoms with Crippen LogP contribution in [0.4, 0.5) is 0 Å². The van der Waals surface area contributed by atoms with Gasteiger partial charge in [0, 0.05) is 13.2 Å². The zero-order chi connectivity index (χ0) is 10.6. The zero-order valence-corrected chi connectivity index (χ0v) is 8.16. The van der Waals surface area contributed by atoms with E-state index in [1.54, 1.807) is 0 Å². The van der Waals surface area contributed by atoms with E-state index in [0.717, 1.165) is 6.42 Å². The van der Waals surface area contributed by atoms with E-state index < -0.39 is 11.8 Å². The van der Waals surface area contributed by atoms with E-state index in [0.29, 0.717) is 19.8 Å². The maximum atomic E-state index is 11.5. The van der Waals surface area contributed by atoms with E-state index in [9.17, 15) is 9.59 Å². The molecule has 1 fully saturated rings. The first-order chi connectivity index (χ1) is 6.66. The van der Waals surface area contributed by atoms with E-state index in [-0.39, 0.29) is 6.04 Å². The third-order valence-corrected chi connectivity index (χ3v) is 2.17. The van der Waals surface area contributed by atoms with Crippen LogP contribution >= 0.6 is 0 Å². The zero-order valence-electron chi connectivity index (χ0n) is 8.16. The van der Waals surface area contributed by atoms with Crippen LogP contribution in [0, 0.1) is 0 Å². The van der Waals surface area contributed by atoms with Gasteiger partial charge < -0.3 is 9.64 Å². The maximum Gasteiger partial charge on any atom is 0.323 e. The fourth-order valence-corrected chi connectivity index (χ4v) is 1.40. The van der Waals surface area contributed by atoms with Gasteiger partial charge in [0.05, 0.1) is 12.6 Å². The molecule has 3 N–H and O–H groups in total. The molecule has 1 aliphatic heterocycles. The standard InChI is InChI=1S/C8H15N3O3/c1-6-5-14-4-2-3-11(6)8(13)7(12)10-9/h6H,2-5,9H2,1H3,(H,10,12). The highest BCUT2D eigenvalue weighted by molar-refractivity contribution is 6.34. The van der Waals surface area contributed by atoms with E-state index in [1.807, 2.05) is 12.3 Å². The summed E-state index contributed by atoms with van der Waals surface area (Å²) >= 11 is 0. The first-order valence-electron chi connectivity index (χ1n) is 4.56. The molecule has 1 rings (SSSR count). The number of nitrogens with zero attached hydrogens (tertiary/aromatic N) is 1. The molecule has 0 radical (unpaired) electrons. The number of hydrazine groups is 1. The Bertz CT molecular complexity index is 232. The lowest BCUT2D eigenvalue weighted by Crippen LogP contribution is -2.49. The van der Waals surface area contributed by atoms with Crippen molar-refractivity contribution in [2.24, 2.45) is 5.84 Å². The summed E-state index contributed by atoms with van der Waals surface area (Å²) in [6.07, 6.45) is 0.744. The van der Waals surface area contributed by atoms with Crippen LogP contribution < -0.4 is 11.3 Å². The SMILES string of the molecule is CC1COCCCN1C(=O)C(=O)NN. The largest absolute Gasteiger partial charge is 0.379 e. The van der Waals surface area contributed by atoms with Crippen molar-refractivity contribution in [2.75, 3.05) is 19.8 Å². The van der Waals surface area contributed by atoms with Crippen LogP contribution in [0.2, 0.25) is 0 Å². The number of nitrogens with two attached hydrogens (primary N) is 1. The molecular weight excluding hydrogens is 186 g/mol. The quantitative estimate of drug-likeness (QED) is 0.219. The van der Waals surface area contributed by atoms with Gasteiger partial charge in [-0.15, -0.1) is 0 Å². The molecule has 2 amide bonds. The third kappa shape index (κ3) is 2.43. The first-order valence-corrected chi connectivity index (χ1v) is 4.56. The second-order valence-electron chi connectivity index (χ2n) is 3.25. The first kappa shape index (κ1) is 10.9. The molecule has 1 aliphatic rings. The average molecular weight is 201 g/mol. The number of hydrogen-bond donors (Lipinski definition) is 2. The van der Waals surface area contributed by atoms with Crippen molar-refractivity contribution in [2.45, 2.75) is 19.4 Å². The summed E-state index contributed by atoms with van der Waals surface area (Å²) in [6.45, 7) is 3.46. The summed E-state index contributed by atoms with van der Waals surface area (Å²) in [7, 11) is 0. The molecule has 80 valence electrons. The number of rotatable bonds is 0. The Kier molecular flexibility index (Phi) is 3.84. The summed E-state index contributed by atoms with van der Waals surface area (Å²) in [5.41, 5.74) is 1.83. The second-order valence-corrected chi connectivity index (χ2v) is 3.25. The summed E-state index contributed by atoms with van der Waals surface area (Å²) in [6, 6.07) is -0.0812. The topological polar surface area (TPSA) is 84.7 Å². The second kappa shape index (κ2) is 4.92. The Morgan fingerprint density at radius 2 is 2.29 bits per heavy atom. The Morgan fingerprint density at radius 1 is 1.57 bits per heavy atom. The van der Waals surface area contributed by atoms with Gasteiger partial charge in [0.2, 0.25) is 0 Å². The molecule has 1 saturated heterocycles. The maximum absolute atomic E-state index is 11.5. The third-order valence-electron chi connectivity index (χ3n) is 2.17. The minimum absolute atomic E-state index is 0.0812. The van der Waals surface area contributed by atoms with Gasteiger partial charge in [0.15, 0.2) is 0 Å². The van der Waals surface area contributed by atoms with Crippen LogP contribution in [0.3, 0.4) is 0 Å². The minimum atomic E-state index is -0.779. The van der Waals surface area contributed by atoms with Gasteiger partial charge in [-0.2, -0.15) is 0 Å². The smallest absolute Gasteiger partial charge is 0.323 e. The molecule has 0 aromatic rings. The predicted octanol–water partition coefficient (Wildman–Crippen LogP) is -1.39. The number of carbonyl (C=O) groups excluding carboxylic acids is 2. The van der Waals surface area contributed by atoms with Crippen LogP contribution in [0.5, 0.6) is 0 Å². The van der Waals surface area contributed by atoms with E-state index in [2.05, 4.69) is 0 Å². The summed E-state index contributed by atoms with van der Waals surface area (Å²) in [4.78, 5) is 24.0. The lowest BCUT2D eigenvalue weighted by Gasteiger charge is -2.25. The number of ether oxygens (including phenoxy) is 1. The summed E-state index contributed by atoms with van der Waals surface area (Å²) in [5, 5.41) is 0. The summed E-state index contributed by atoms with van der Waals surface area (Å²) in [5.74, 6) is 3.51. The minimum Gasteiger partial charge on any atom is -0.379 e. The van der Waals surface area contributed by atoms with Gasteiger partial charge in [-0.1, -0.05) is 0 Å². The average Bonchev–Trinajstić information content (AvgIpc) is 2.40. The van der Waals surface area contributed by atoms with E-state index >= 15 is 0 Å². The molecule has 14 heavy (non-hydrogen) atoms. The van der Waals surface area contributed by atoms with Crippen molar-refractivity contribution in [3.05, 3.63) is 0 Å². The molecule has 0 aromatic heterocycles. The fourth-order valence-electron chi connectivity index (χ4n) is 1.40. The Morgan fingerprint density at radius 3 is 2.93 bits per heavy atom. The Labute approximate surface area is 82.3 Å². The van der Waals surface area contributed by atoms with Crippen molar-refractivity contribution in [3.63, 3.8) is 0 Å². The lowest BCUT2D eigenvalue weighted by molar-refractivity contribution is -0.147. The predicted molar refractivity (Wildman–Crippen MR) is 48.9 cm³/mol. The van der Waals surface area contributed by atoms with Crippen molar-refractivity contribution >= 4 is 11.8 Å². The molecule has 1 heterocycles. The fraction of sp³-hybridized carbons (Fsp3) is 0.750. The van der Waals surface area contributed by atoms with Gasteiger partial charge >= 0.3 is 11.8 Å². The molecule has 0 bridgehead atoms. The highest BCUT2D eigenvalue weighted by Gasteiger charge is 2.26. The van der Waals surface area contributed by atoms with Crippen LogP contribution in [0.15, 0.2) is 0 Å². The lowest BCUT2D eigenvalue weighted by atomic mass is 10.2. The molecular formula is C8H15N3O3. The van der Waals surface area contributed by atoms with Gasteiger partial charge in [-0.05, 0) is 13.3 Å². The summed E-state index contributed by atoms with van der Waals surface area (Å²) < 4.78 is 5.24. The Hall–Kier alpha value is -1.14. The van der Waals surface area contributed by atoms with E-state index in [1.165, 1.54) is 4.90 Å². The highest BCUT2D eigenvalue weighted by Crippen LogP contribution is 2.06. The number of hydrogen-bond acceptors (Lipinski definition) is 4. The van der Waals surface area contributed by atoms with Crippen LogP contribution in [0.25, 0.3) is 0 Å². The van der Waals surface area contributed by atoms with Gasteiger partial charge in [-0.25, -0.2) is 5.84 Å². The number of nitrogens with one attached hydrogen (secondary N) is 1. The van der Waals surface area contributed by atoms with Gasteiger partial charge in [0.1, 0.15) is 0 Å². The van der Waals surface area contributed by atoms with Crippen LogP contribution in [-0.4, -0.2) is 42.5 Å². The van der Waals surface area contributed by atoms with Gasteiger partial charge in [0.25, 0.3) is 0 Å². The van der Waals surface area contributed by atoms with Gasteiger partial charge in [-0.3, -0.25) is 15.0 Å². The van der Waals surface area contributed by atoms with E-state index in [4.69, 9.17) is 10.6 Å². The van der Waals surface area contributed by atoms with Crippen LogP contribution in [0.1, 0.15) is 13.3 Å². The molecule has 6 heteroatoms. The Balaban J connectivity index is 2.63. The molecule has 1 atom stereocenters. The number of amides is 2. The normalized spacial score (nSPS) is 22.7. The van der Waals surface area contributed by atoms with Crippen molar-refractivity contribution in [3.8, 4) is 0 Å². The monoisotopic (exact) mass is 201 g/mol. The van der Waals surface area contributed by atoms with Crippen molar-refractivity contribution in [1.82, 2.24) is 10.3 Å². The number of carbonyl (C=O) groups is 2. The van der Waals surface area contributed by atoms with Crippen LogP contribution in [-0.2, 0) is 14.3 Å². The molecule has 0 spiro atoms. The highest BCUT2D eigenvalue weighted by atomic mass is 16.5. The molecule has 0 aliphatic carbocycles. The molecule has 0 aromatic carbocycles.